The summed E-state index contributed by atoms with van der Waals surface area (Å²) < 4.78 is 11.3. The van der Waals surface area contributed by atoms with Crippen molar-refractivity contribution in [2.45, 2.75) is 38.7 Å². The zero-order chi connectivity index (χ0) is 23.8. The van der Waals surface area contributed by atoms with Crippen LogP contribution in [0.5, 0.6) is 11.6 Å². The Morgan fingerprint density at radius 1 is 1.12 bits per heavy atom. The molecule has 9 nitrogen and oxygen atoms in total. The first-order valence-electron chi connectivity index (χ1n) is 10.3. The molecule has 10 heteroatoms. The maximum Gasteiger partial charge on any atom is 0.307 e. The molecule has 0 unspecified atom stereocenters. The largest absolute Gasteiger partial charge is 0.494 e. The number of ether oxygens (including phenoxy) is 2. The van der Waals surface area contributed by atoms with Crippen LogP contribution in [0.15, 0.2) is 47.4 Å². The lowest BCUT2D eigenvalue weighted by molar-refractivity contribution is -0.153. The van der Waals surface area contributed by atoms with Crippen LogP contribution >= 0.6 is 11.3 Å². The van der Waals surface area contributed by atoms with E-state index >= 15 is 0 Å². The lowest BCUT2D eigenvalue weighted by atomic mass is 10.1. The van der Waals surface area contributed by atoms with E-state index in [4.69, 9.17) is 14.6 Å². The van der Waals surface area contributed by atoms with E-state index in [-0.39, 0.29) is 30.2 Å². The van der Waals surface area contributed by atoms with E-state index in [0.29, 0.717) is 22.7 Å². The van der Waals surface area contributed by atoms with Gasteiger partial charge in [0.2, 0.25) is 5.88 Å². The third-order valence-electron chi connectivity index (χ3n) is 4.79. The summed E-state index contributed by atoms with van der Waals surface area (Å²) in [5.74, 6) is -1.32. The molecular weight excluding hydrogens is 448 g/mol. The third kappa shape index (κ3) is 7.18. The predicted octanol–water partition coefficient (Wildman–Crippen LogP) is 3.22. The van der Waals surface area contributed by atoms with E-state index in [0.717, 1.165) is 28.9 Å². The van der Waals surface area contributed by atoms with Gasteiger partial charge in [-0.2, -0.15) is 0 Å². The molecule has 1 atom stereocenters. The smallest absolute Gasteiger partial charge is 0.307 e. The van der Waals surface area contributed by atoms with Gasteiger partial charge in [0.15, 0.2) is 6.10 Å². The topological polar surface area (TPSA) is 139 Å². The lowest BCUT2D eigenvalue weighted by Crippen LogP contribution is -2.19. The Morgan fingerprint density at radius 3 is 2.42 bits per heavy atom. The number of pyridine rings is 1. The fourth-order valence-electron chi connectivity index (χ4n) is 2.97. The number of aromatic amines is 1. The fourth-order valence-corrected chi connectivity index (χ4v) is 3.73. The van der Waals surface area contributed by atoms with Crippen LogP contribution < -0.4 is 9.61 Å². The van der Waals surface area contributed by atoms with Crippen molar-refractivity contribution in [2.75, 3.05) is 6.61 Å². The van der Waals surface area contributed by atoms with Crippen LogP contribution in [0.25, 0.3) is 0 Å². The standard InChI is InChI=1S/C23H24N2O7S/c1-2-14-5-8-17(24-12-14)18(32-21(28)10-9-20(26)27)13-31-16-6-3-15(4-7-16)11-19-22(29)25-23(30)33-19/h3-8,12,18,29H,2,9-11,13H2,1H3,(H,25,30)(H,26,27)/t18-/m0/s1. The zero-order valence-corrected chi connectivity index (χ0v) is 18.8. The van der Waals surface area contributed by atoms with Crippen LogP contribution in [0.3, 0.4) is 0 Å². The Kier molecular flexibility index (Phi) is 8.20. The van der Waals surface area contributed by atoms with Crippen molar-refractivity contribution in [2.24, 2.45) is 0 Å². The van der Waals surface area contributed by atoms with Gasteiger partial charge in [-0.15, -0.1) is 0 Å². The van der Waals surface area contributed by atoms with E-state index in [1.807, 2.05) is 13.0 Å². The molecule has 0 fully saturated rings. The van der Waals surface area contributed by atoms with Gasteiger partial charge in [-0.05, 0) is 35.7 Å². The number of hydrogen-bond acceptors (Lipinski definition) is 8. The number of rotatable bonds is 11. The van der Waals surface area contributed by atoms with E-state index < -0.39 is 18.0 Å². The molecule has 2 aromatic heterocycles. The Balaban J connectivity index is 1.65. The Hall–Kier alpha value is -3.66. The molecule has 2 heterocycles. The number of thiazole rings is 1. The first-order chi connectivity index (χ1) is 15.8. The molecule has 3 N–H and O–H groups in total. The van der Waals surface area contributed by atoms with E-state index in [1.165, 1.54) is 0 Å². The van der Waals surface area contributed by atoms with Gasteiger partial charge in [0.25, 0.3) is 0 Å². The number of nitrogens with zero attached hydrogens (tertiary/aromatic N) is 1. The second-order valence-electron chi connectivity index (χ2n) is 7.24. The Bertz CT molecular complexity index is 1140. The molecule has 3 aromatic rings. The summed E-state index contributed by atoms with van der Waals surface area (Å²) in [6.45, 7) is 2.00. The van der Waals surface area contributed by atoms with Gasteiger partial charge in [0.05, 0.1) is 23.4 Å². The number of H-pyrrole nitrogens is 1. The fraction of sp³-hybridized carbons (Fsp3) is 0.304. The van der Waals surface area contributed by atoms with Crippen LogP contribution in [0.4, 0.5) is 0 Å². The highest BCUT2D eigenvalue weighted by atomic mass is 32.1. The van der Waals surface area contributed by atoms with Crippen LogP contribution in [0.1, 0.15) is 47.6 Å². The molecule has 0 saturated heterocycles. The molecule has 1 aromatic carbocycles. The Labute approximate surface area is 193 Å². The summed E-state index contributed by atoms with van der Waals surface area (Å²) >= 11 is 0.955. The van der Waals surface area contributed by atoms with Crippen LogP contribution in [0.2, 0.25) is 0 Å². The maximum absolute atomic E-state index is 12.1. The number of aromatic nitrogens is 2. The number of carbonyl (C=O) groups is 2. The van der Waals surface area contributed by atoms with Crippen molar-refractivity contribution >= 4 is 23.3 Å². The van der Waals surface area contributed by atoms with Crippen molar-refractivity contribution in [3.05, 3.63) is 74.0 Å². The summed E-state index contributed by atoms with van der Waals surface area (Å²) in [5.41, 5.74) is 2.41. The number of aryl methyl sites for hydroxylation is 1. The van der Waals surface area contributed by atoms with Crippen molar-refractivity contribution in [3.63, 3.8) is 0 Å². The zero-order valence-electron chi connectivity index (χ0n) is 17.9. The van der Waals surface area contributed by atoms with Gasteiger partial charge >= 0.3 is 16.8 Å². The van der Waals surface area contributed by atoms with Gasteiger partial charge in [-0.3, -0.25) is 24.4 Å². The predicted molar refractivity (Wildman–Crippen MR) is 121 cm³/mol. The summed E-state index contributed by atoms with van der Waals surface area (Å²) in [7, 11) is 0. The van der Waals surface area contributed by atoms with Crippen molar-refractivity contribution in [3.8, 4) is 11.6 Å². The first kappa shape index (κ1) is 24.0. The summed E-state index contributed by atoms with van der Waals surface area (Å²) in [6.07, 6.45) is 1.55. The number of aromatic hydroxyl groups is 1. The third-order valence-corrected chi connectivity index (χ3v) is 5.66. The molecule has 0 amide bonds. The number of benzene rings is 1. The molecule has 0 aliphatic rings. The van der Waals surface area contributed by atoms with E-state index in [9.17, 15) is 19.5 Å². The summed E-state index contributed by atoms with van der Waals surface area (Å²) in [5, 5.41) is 18.5. The van der Waals surface area contributed by atoms with Crippen LogP contribution in [0, 0.1) is 0 Å². The highest BCUT2D eigenvalue weighted by molar-refractivity contribution is 7.09. The highest BCUT2D eigenvalue weighted by Gasteiger charge is 2.20. The highest BCUT2D eigenvalue weighted by Crippen LogP contribution is 2.23. The Morgan fingerprint density at radius 2 is 1.85 bits per heavy atom. The monoisotopic (exact) mass is 472 g/mol. The van der Waals surface area contributed by atoms with Gasteiger partial charge in [0.1, 0.15) is 12.4 Å². The number of carboxylic acids is 1. The summed E-state index contributed by atoms with van der Waals surface area (Å²) in [6, 6.07) is 10.7. The van der Waals surface area contributed by atoms with Gasteiger partial charge in [0, 0.05) is 12.6 Å². The molecule has 174 valence electrons. The van der Waals surface area contributed by atoms with E-state index in [1.54, 1.807) is 36.5 Å². The van der Waals surface area contributed by atoms with Gasteiger partial charge in [-0.1, -0.05) is 36.5 Å². The molecule has 33 heavy (non-hydrogen) atoms. The molecule has 0 spiro atoms. The average molecular weight is 473 g/mol. The lowest BCUT2D eigenvalue weighted by Gasteiger charge is -2.18. The molecule has 0 bridgehead atoms. The number of carboxylic acid groups (broad SMARTS) is 1. The van der Waals surface area contributed by atoms with Crippen molar-refractivity contribution in [1.29, 1.82) is 0 Å². The van der Waals surface area contributed by atoms with Crippen molar-refractivity contribution in [1.82, 2.24) is 9.97 Å². The second-order valence-corrected chi connectivity index (χ2v) is 8.30. The van der Waals surface area contributed by atoms with E-state index in [2.05, 4.69) is 9.97 Å². The van der Waals surface area contributed by atoms with Gasteiger partial charge < -0.3 is 19.7 Å². The minimum atomic E-state index is -1.08. The molecule has 3 rings (SSSR count). The minimum Gasteiger partial charge on any atom is -0.494 e. The quantitative estimate of drug-likeness (QED) is 0.362. The molecule has 0 aliphatic carbocycles. The minimum absolute atomic E-state index is 0.00313. The molecule has 0 aliphatic heterocycles. The average Bonchev–Trinajstić information content (AvgIpc) is 3.12. The number of hydrogen-bond donors (Lipinski definition) is 3. The SMILES string of the molecule is CCc1ccc([C@H](COc2ccc(Cc3sc(=O)[nH]c3O)cc2)OC(=O)CCC(=O)O)nc1. The van der Waals surface area contributed by atoms with Crippen LogP contribution in [-0.2, 0) is 27.2 Å². The summed E-state index contributed by atoms with van der Waals surface area (Å²) in [4.78, 5) is 41.1. The number of carbonyl (C=O) groups excluding carboxylic acids is 1. The first-order valence-corrected chi connectivity index (χ1v) is 11.1. The maximum atomic E-state index is 12.1. The number of nitrogens with one attached hydrogen (secondary N) is 1. The normalized spacial score (nSPS) is 11.7. The second kappa shape index (κ2) is 11.3. The molecular formula is C23H24N2O7S. The molecule has 0 radical (unpaired) electrons. The number of aliphatic carboxylic acids is 1. The molecule has 0 saturated carbocycles. The number of esters is 1. The van der Waals surface area contributed by atoms with Crippen LogP contribution in [-0.4, -0.2) is 38.7 Å². The van der Waals surface area contributed by atoms with Gasteiger partial charge in [-0.25, -0.2) is 0 Å². The van der Waals surface area contributed by atoms with Crippen molar-refractivity contribution < 1.29 is 29.3 Å².